The molecule has 32 heavy (non-hydrogen) atoms. The zero-order chi connectivity index (χ0) is 21.8. The van der Waals surface area contributed by atoms with Crippen LogP contribution in [0.1, 0.15) is 16.7 Å². The Bertz CT molecular complexity index is 958. The Kier molecular flexibility index (Phi) is 6.42. The van der Waals surface area contributed by atoms with Crippen molar-refractivity contribution >= 4 is 5.69 Å². The van der Waals surface area contributed by atoms with Gasteiger partial charge in [-0.3, -0.25) is 4.90 Å². The average Bonchev–Trinajstić information content (AvgIpc) is 2.85. The molecule has 0 amide bonds. The summed E-state index contributed by atoms with van der Waals surface area (Å²) in [5.41, 5.74) is 5.43. The van der Waals surface area contributed by atoms with Gasteiger partial charge < -0.3 is 14.5 Å². The molecule has 0 spiro atoms. The van der Waals surface area contributed by atoms with E-state index < -0.39 is 0 Å². The van der Waals surface area contributed by atoms with Crippen molar-refractivity contribution in [1.29, 1.82) is 0 Å². The van der Waals surface area contributed by atoms with Crippen molar-refractivity contribution in [3.63, 3.8) is 0 Å². The fraction of sp³-hybridized carbons (Fsp3) is 0.357. The highest BCUT2D eigenvalue weighted by Gasteiger charge is 2.29. The predicted octanol–water partition coefficient (Wildman–Crippen LogP) is 4.44. The van der Waals surface area contributed by atoms with Gasteiger partial charge in [0.25, 0.3) is 0 Å². The van der Waals surface area contributed by atoms with E-state index >= 15 is 0 Å². The van der Waals surface area contributed by atoms with E-state index in [1.807, 2.05) is 0 Å². The molecule has 2 aliphatic rings. The first-order valence-corrected chi connectivity index (χ1v) is 11.8. The summed E-state index contributed by atoms with van der Waals surface area (Å²) in [4.78, 5) is 7.55. The molecule has 0 radical (unpaired) electrons. The molecule has 4 nitrogen and oxygen atoms in total. The molecule has 1 saturated heterocycles. The lowest BCUT2D eigenvalue weighted by molar-refractivity contribution is 0.106. The molecular weight excluding hydrogens is 394 g/mol. The van der Waals surface area contributed by atoms with Gasteiger partial charge in [-0.25, -0.2) is 0 Å². The van der Waals surface area contributed by atoms with Crippen molar-refractivity contribution in [3.8, 4) is 5.75 Å². The molecule has 5 rings (SSSR count). The standard InChI is InChI=1S/C28H33N3O/c1-29-15-17-30(18-16-29)27-13-8-14-28-26(27)19-25(22-32-28)31(20-23-9-4-2-5-10-23)21-24-11-6-3-7-12-24/h2-14,25H,15-22H2,1H3. The summed E-state index contributed by atoms with van der Waals surface area (Å²) >= 11 is 0. The number of anilines is 1. The lowest BCUT2D eigenvalue weighted by Gasteiger charge is -2.39. The van der Waals surface area contributed by atoms with Crippen LogP contribution in [0.4, 0.5) is 5.69 Å². The highest BCUT2D eigenvalue weighted by atomic mass is 16.5. The van der Waals surface area contributed by atoms with E-state index in [9.17, 15) is 0 Å². The van der Waals surface area contributed by atoms with Crippen LogP contribution in [-0.4, -0.2) is 55.7 Å². The second kappa shape index (κ2) is 9.76. The van der Waals surface area contributed by atoms with Gasteiger partial charge in [0, 0.05) is 56.6 Å². The van der Waals surface area contributed by atoms with Crippen molar-refractivity contribution in [1.82, 2.24) is 9.80 Å². The number of hydrogen-bond donors (Lipinski definition) is 0. The number of ether oxygens (including phenoxy) is 1. The fourth-order valence-electron chi connectivity index (χ4n) is 4.90. The van der Waals surface area contributed by atoms with Crippen LogP contribution in [0, 0.1) is 0 Å². The van der Waals surface area contributed by atoms with E-state index in [1.165, 1.54) is 22.4 Å². The molecule has 3 aromatic rings. The van der Waals surface area contributed by atoms with E-state index in [0.717, 1.165) is 58.0 Å². The maximum atomic E-state index is 6.37. The van der Waals surface area contributed by atoms with Crippen molar-refractivity contribution in [2.45, 2.75) is 25.6 Å². The third kappa shape index (κ3) is 4.82. The molecule has 4 heteroatoms. The normalized spacial score (nSPS) is 18.9. The molecular formula is C28H33N3O. The Morgan fingerprint density at radius 1 is 0.781 bits per heavy atom. The van der Waals surface area contributed by atoms with Gasteiger partial charge in [-0.05, 0) is 36.7 Å². The lowest BCUT2D eigenvalue weighted by atomic mass is 9.97. The summed E-state index contributed by atoms with van der Waals surface area (Å²) < 4.78 is 6.37. The highest BCUT2D eigenvalue weighted by molar-refractivity contribution is 5.60. The van der Waals surface area contributed by atoms with Crippen LogP contribution in [0.5, 0.6) is 5.75 Å². The largest absolute Gasteiger partial charge is 0.492 e. The summed E-state index contributed by atoms with van der Waals surface area (Å²) in [6, 6.07) is 28.5. The predicted molar refractivity (Wildman–Crippen MR) is 131 cm³/mol. The summed E-state index contributed by atoms with van der Waals surface area (Å²) in [6.45, 7) is 6.97. The van der Waals surface area contributed by atoms with E-state index in [-0.39, 0.29) is 0 Å². The molecule has 1 fully saturated rings. The first-order chi connectivity index (χ1) is 15.8. The van der Waals surface area contributed by atoms with Crippen LogP contribution in [0.3, 0.4) is 0 Å². The van der Waals surface area contributed by atoms with Gasteiger partial charge in [-0.2, -0.15) is 0 Å². The third-order valence-corrected chi connectivity index (χ3v) is 6.80. The van der Waals surface area contributed by atoms with Crippen LogP contribution in [-0.2, 0) is 19.5 Å². The zero-order valence-electron chi connectivity index (χ0n) is 19.0. The number of hydrogen-bond acceptors (Lipinski definition) is 4. The number of likely N-dealkylation sites (N-methyl/N-ethyl adjacent to an activating group) is 1. The van der Waals surface area contributed by atoms with Crippen molar-refractivity contribution in [2.24, 2.45) is 0 Å². The summed E-state index contributed by atoms with van der Waals surface area (Å²) in [7, 11) is 2.21. The maximum Gasteiger partial charge on any atom is 0.124 e. The van der Waals surface area contributed by atoms with Crippen LogP contribution in [0.2, 0.25) is 0 Å². The van der Waals surface area contributed by atoms with Gasteiger partial charge in [0.2, 0.25) is 0 Å². The highest BCUT2D eigenvalue weighted by Crippen LogP contribution is 2.35. The Morgan fingerprint density at radius 3 is 2.03 bits per heavy atom. The van der Waals surface area contributed by atoms with Gasteiger partial charge in [-0.1, -0.05) is 66.7 Å². The van der Waals surface area contributed by atoms with Crippen LogP contribution >= 0.6 is 0 Å². The molecule has 2 heterocycles. The molecule has 3 aromatic carbocycles. The van der Waals surface area contributed by atoms with E-state index in [0.29, 0.717) is 6.04 Å². The zero-order valence-corrected chi connectivity index (χ0v) is 19.0. The Morgan fingerprint density at radius 2 is 1.41 bits per heavy atom. The summed E-state index contributed by atoms with van der Waals surface area (Å²) in [5.74, 6) is 1.07. The average molecular weight is 428 g/mol. The minimum atomic E-state index is 0.344. The number of piperazine rings is 1. The molecule has 1 atom stereocenters. The van der Waals surface area contributed by atoms with Crippen molar-refractivity contribution < 1.29 is 4.74 Å². The molecule has 1 unspecified atom stereocenters. The second-order valence-corrected chi connectivity index (χ2v) is 9.09. The molecule has 0 saturated carbocycles. The molecule has 0 aliphatic carbocycles. The lowest BCUT2D eigenvalue weighted by Crippen LogP contribution is -2.46. The molecule has 0 bridgehead atoms. The van der Waals surface area contributed by atoms with E-state index in [1.54, 1.807) is 0 Å². The first kappa shape index (κ1) is 21.0. The molecule has 0 aromatic heterocycles. The molecule has 0 N–H and O–H groups in total. The quantitative estimate of drug-likeness (QED) is 0.579. The van der Waals surface area contributed by atoms with Crippen LogP contribution in [0.15, 0.2) is 78.9 Å². The SMILES string of the molecule is CN1CCN(c2cccc3c2CC(N(Cc2ccccc2)Cc2ccccc2)CO3)CC1. The third-order valence-electron chi connectivity index (χ3n) is 6.80. The second-order valence-electron chi connectivity index (χ2n) is 9.09. The monoisotopic (exact) mass is 427 g/mol. The first-order valence-electron chi connectivity index (χ1n) is 11.8. The number of benzene rings is 3. The van der Waals surface area contributed by atoms with E-state index in [2.05, 4.69) is 101 Å². The Labute approximate surface area is 192 Å². The van der Waals surface area contributed by atoms with E-state index in [4.69, 9.17) is 4.74 Å². The number of fused-ring (bicyclic) bond motifs is 1. The summed E-state index contributed by atoms with van der Waals surface area (Å²) in [5, 5.41) is 0. The smallest absolute Gasteiger partial charge is 0.124 e. The van der Waals surface area contributed by atoms with Gasteiger partial charge in [0.15, 0.2) is 0 Å². The van der Waals surface area contributed by atoms with Crippen molar-refractivity contribution in [2.75, 3.05) is 44.7 Å². The van der Waals surface area contributed by atoms with Crippen LogP contribution < -0.4 is 9.64 Å². The van der Waals surface area contributed by atoms with Gasteiger partial charge in [0.05, 0.1) is 0 Å². The fourth-order valence-corrected chi connectivity index (χ4v) is 4.90. The van der Waals surface area contributed by atoms with Gasteiger partial charge in [-0.15, -0.1) is 0 Å². The minimum Gasteiger partial charge on any atom is -0.492 e. The molecule has 166 valence electrons. The Balaban J connectivity index is 1.40. The van der Waals surface area contributed by atoms with Gasteiger partial charge in [0.1, 0.15) is 12.4 Å². The van der Waals surface area contributed by atoms with Crippen molar-refractivity contribution in [3.05, 3.63) is 95.6 Å². The maximum absolute atomic E-state index is 6.37. The molecule has 2 aliphatic heterocycles. The van der Waals surface area contributed by atoms with Crippen LogP contribution in [0.25, 0.3) is 0 Å². The number of nitrogens with zero attached hydrogens (tertiary/aromatic N) is 3. The van der Waals surface area contributed by atoms with Gasteiger partial charge >= 0.3 is 0 Å². The minimum absolute atomic E-state index is 0.344. The topological polar surface area (TPSA) is 19.0 Å². The Hall–Kier alpha value is -2.82. The summed E-state index contributed by atoms with van der Waals surface area (Å²) in [6.07, 6.45) is 1.03. The number of rotatable bonds is 6.